The van der Waals surface area contributed by atoms with Crippen LogP contribution in [0.15, 0.2) is 40.1 Å². The number of nitrogens with one attached hydrogen (secondary N) is 3. The van der Waals surface area contributed by atoms with Crippen molar-refractivity contribution in [3.05, 3.63) is 68.0 Å². The molecule has 2 heterocycles. The number of aryl methyl sites for hydroxylation is 1. The van der Waals surface area contributed by atoms with E-state index in [9.17, 15) is 14.4 Å². The summed E-state index contributed by atoms with van der Waals surface area (Å²) in [6.45, 7) is 3.58. The Hall–Kier alpha value is -3.42. The van der Waals surface area contributed by atoms with Crippen LogP contribution in [-0.2, 0) is 22.7 Å². The van der Waals surface area contributed by atoms with Gasteiger partial charge < -0.3 is 10.1 Å². The summed E-state index contributed by atoms with van der Waals surface area (Å²) in [5.41, 5.74) is 2.19. The molecule has 2 aromatic heterocycles. The molecule has 1 aromatic carbocycles. The number of benzene rings is 1. The predicted molar refractivity (Wildman–Crippen MR) is 97.0 cm³/mol. The van der Waals surface area contributed by atoms with Crippen LogP contribution in [0.2, 0.25) is 0 Å². The molecule has 0 bridgehead atoms. The molecule has 26 heavy (non-hydrogen) atoms. The second-order valence-corrected chi connectivity index (χ2v) is 5.90. The lowest BCUT2D eigenvalue weighted by atomic mass is 10.1. The highest BCUT2D eigenvalue weighted by Gasteiger charge is 2.14. The van der Waals surface area contributed by atoms with Gasteiger partial charge in [-0.2, -0.15) is 0 Å². The van der Waals surface area contributed by atoms with Gasteiger partial charge in [-0.15, -0.1) is 0 Å². The molecular formula is C18H18N4O4. The largest absolute Gasteiger partial charge is 0.461 e. The van der Waals surface area contributed by atoms with Crippen LogP contribution in [0.25, 0.3) is 11.0 Å². The van der Waals surface area contributed by atoms with Gasteiger partial charge in [-0.1, -0.05) is 12.1 Å². The smallest absolute Gasteiger partial charge is 0.327 e. The molecule has 0 spiro atoms. The van der Waals surface area contributed by atoms with Gasteiger partial charge in [0.15, 0.2) is 0 Å². The number of aromatic nitrogens is 3. The molecule has 0 aliphatic heterocycles. The molecule has 0 aliphatic carbocycles. The molecule has 0 amide bonds. The van der Waals surface area contributed by atoms with E-state index in [0.29, 0.717) is 17.7 Å². The average molecular weight is 354 g/mol. The first kappa shape index (κ1) is 17.4. The number of pyridine rings is 1. The maximum Gasteiger partial charge on any atom is 0.327 e. The average Bonchev–Trinajstić information content (AvgIpc) is 2.58. The lowest BCUT2D eigenvalue weighted by Gasteiger charge is -2.13. The van der Waals surface area contributed by atoms with Crippen molar-refractivity contribution in [2.45, 2.75) is 27.0 Å². The Balaban J connectivity index is 2.05. The predicted octanol–water partition coefficient (Wildman–Crippen LogP) is 1.60. The van der Waals surface area contributed by atoms with Gasteiger partial charge in [0, 0.05) is 30.9 Å². The Kier molecular flexibility index (Phi) is 4.83. The lowest BCUT2D eigenvalue weighted by molar-refractivity contribution is -0.142. The van der Waals surface area contributed by atoms with Crippen LogP contribution in [0.4, 0.5) is 5.69 Å². The summed E-state index contributed by atoms with van der Waals surface area (Å²) in [6, 6.07) is 7.79. The van der Waals surface area contributed by atoms with Gasteiger partial charge in [0.2, 0.25) is 0 Å². The van der Waals surface area contributed by atoms with Crippen molar-refractivity contribution < 1.29 is 9.53 Å². The SMILES string of the molecule is CC(=O)OCc1cnc2[nH]c(=O)[nH]c(=O)c2c1CNc1cccc(C)c1. The molecule has 0 radical (unpaired) electrons. The molecule has 0 unspecified atom stereocenters. The second kappa shape index (κ2) is 7.22. The molecule has 0 saturated heterocycles. The third kappa shape index (κ3) is 3.80. The molecular weight excluding hydrogens is 336 g/mol. The van der Waals surface area contributed by atoms with Crippen molar-refractivity contribution in [3.63, 3.8) is 0 Å². The number of rotatable bonds is 5. The summed E-state index contributed by atoms with van der Waals surface area (Å²) in [6.07, 6.45) is 1.49. The number of carbonyl (C=O) groups excluding carboxylic acids is 1. The van der Waals surface area contributed by atoms with Gasteiger partial charge in [-0.05, 0) is 30.2 Å². The molecule has 0 fully saturated rings. The summed E-state index contributed by atoms with van der Waals surface area (Å²) in [5, 5.41) is 3.51. The maximum absolute atomic E-state index is 12.3. The number of esters is 1. The fraction of sp³-hybridized carbons (Fsp3) is 0.222. The standard InChI is InChI=1S/C18H18N4O4/c1-10-4-3-5-13(6-10)19-8-14-12(9-26-11(2)23)7-20-16-15(14)17(24)22-18(25)21-16/h3-7,19H,8-9H2,1-2H3,(H2,20,21,22,24,25). The van der Waals surface area contributed by atoms with Gasteiger partial charge in [-0.3, -0.25) is 19.6 Å². The minimum atomic E-state index is -0.625. The van der Waals surface area contributed by atoms with E-state index in [-0.39, 0.29) is 17.6 Å². The number of aromatic amines is 2. The van der Waals surface area contributed by atoms with Crippen LogP contribution in [0, 0.1) is 6.92 Å². The fourth-order valence-corrected chi connectivity index (χ4v) is 2.68. The van der Waals surface area contributed by atoms with Crippen LogP contribution in [0.3, 0.4) is 0 Å². The molecule has 3 aromatic rings. The molecule has 3 rings (SSSR count). The van der Waals surface area contributed by atoms with Crippen molar-refractivity contribution >= 4 is 22.7 Å². The highest BCUT2D eigenvalue weighted by molar-refractivity contribution is 5.79. The van der Waals surface area contributed by atoms with Gasteiger partial charge in [-0.25, -0.2) is 9.78 Å². The number of H-pyrrole nitrogens is 2. The van der Waals surface area contributed by atoms with Crippen LogP contribution in [0.5, 0.6) is 0 Å². The Morgan fingerprint density at radius 1 is 1.27 bits per heavy atom. The summed E-state index contributed by atoms with van der Waals surface area (Å²) in [7, 11) is 0. The van der Waals surface area contributed by atoms with E-state index < -0.39 is 17.2 Å². The molecule has 8 nitrogen and oxygen atoms in total. The number of hydrogen-bond donors (Lipinski definition) is 3. The van der Waals surface area contributed by atoms with Crippen molar-refractivity contribution in [3.8, 4) is 0 Å². The summed E-state index contributed by atoms with van der Waals surface area (Å²) in [5.74, 6) is -0.432. The van der Waals surface area contributed by atoms with Crippen LogP contribution in [-0.4, -0.2) is 20.9 Å². The lowest BCUT2D eigenvalue weighted by Crippen LogP contribution is -2.24. The van der Waals surface area contributed by atoms with Crippen LogP contribution in [0.1, 0.15) is 23.6 Å². The molecule has 0 atom stereocenters. The first-order chi connectivity index (χ1) is 12.4. The Morgan fingerprint density at radius 2 is 2.08 bits per heavy atom. The van der Waals surface area contributed by atoms with Crippen LogP contribution < -0.4 is 16.6 Å². The number of nitrogens with zero attached hydrogens (tertiary/aromatic N) is 1. The number of hydrogen-bond acceptors (Lipinski definition) is 6. The fourth-order valence-electron chi connectivity index (χ4n) is 2.68. The highest BCUT2D eigenvalue weighted by atomic mass is 16.5. The number of ether oxygens (including phenoxy) is 1. The Bertz CT molecular complexity index is 1080. The van der Waals surface area contributed by atoms with Gasteiger partial charge >= 0.3 is 11.7 Å². The van der Waals surface area contributed by atoms with Crippen molar-refractivity contribution in [1.82, 2.24) is 15.0 Å². The van der Waals surface area contributed by atoms with Gasteiger partial charge in [0.05, 0.1) is 5.39 Å². The summed E-state index contributed by atoms with van der Waals surface area (Å²) in [4.78, 5) is 43.8. The third-order valence-electron chi connectivity index (χ3n) is 3.88. The van der Waals surface area contributed by atoms with E-state index in [1.807, 2.05) is 31.2 Å². The zero-order valence-corrected chi connectivity index (χ0v) is 14.4. The van der Waals surface area contributed by atoms with Gasteiger partial charge in [0.25, 0.3) is 5.56 Å². The van der Waals surface area contributed by atoms with Gasteiger partial charge in [0.1, 0.15) is 12.3 Å². The minimum absolute atomic E-state index is 0.0122. The number of anilines is 1. The number of fused-ring (bicyclic) bond motifs is 1. The van der Waals surface area contributed by atoms with Crippen molar-refractivity contribution in [2.24, 2.45) is 0 Å². The zero-order valence-electron chi connectivity index (χ0n) is 14.4. The number of carbonyl (C=O) groups is 1. The Morgan fingerprint density at radius 3 is 2.81 bits per heavy atom. The first-order valence-electron chi connectivity index (χ1n) is 8.01. The van der Waals surface area contributed by atoms with E-state index in [0.717, 1.165) is 11.3 Å². The maximum atomic E-state index is 12.3. The zero-order chi connectivity index (χ0) is 18.7. The quantitative estimate of drug-likeness (QED) is 0.599. The van der Waals surface area contributed by atoms with E-state index in [2.05, 4.69) is 20.3 Å². The van der Waals surface area contributed by atoms with E-state index in [1.54, 1.807) is 0 Å². The molecule has 8 heteroatoms. The second-order valence-electron chi connectivity index (χ2n) is 5.90. The van der Waals surface area contributed by atoms with E-state index in [4.69, 9.17) is 4.74 Å². The first-order valence-corrected chi connectivity index (χ1v) is 8.01. The Labute approximate surface area is 148 Å². The monoisotopic (exact) mass is 354 g/mol. The highest BCUT2D eigenvalue weighted by Crippen LogP contribution is 2.19. The minimum Gasteiger partial charge on any atom is -0.461 e. The molecule has 0 saturated carbocycles. The van der Waals surface area contributed by atoms with Crippen molar-refractivity contribution in [2.75, 3.05) is 5.32 Å². The summed E-state index contributed by atoms with van der Waals surface area (Å²) >= 11 is 0. The third-order valence-corrected chi connectivity index (χ3v) is 3.88. The van der Waals surface area contributed by atoms with Crippen LogP contribution >= 0.6 is 0 Å². The van der Waals surface area contributed by atoms with E-state index >= 15 is 0 Å². The summed E-state index contributed by atoms with van der Waals surface area (Å²) < 4.78 is 5.06. The topological polar surface area (TPSA) is 117 Å². The van der Waals surface area contributed by atoms with Crippen molar-refractivity contribution in [1.29, 1.82) is 0 Å². The molecule has 3 N–H and O–H groups in total. The normalized spacial score (nSPS) is 10.7. The van der Waals surface area contributed by atoms with E-state index in [1.165, 1.54) is 13.1 Å². The molecule has 134 valence electrons. The molecule has 0 aliphatic rings.